The van der Waals surface area contributed by atoms with Crippen LogP contribution in [0.25, 0.3) is 10.8 Å². The molecular weight excluding hydrogens is 362 g/mol. The van der Waals surface area contributed by atoms with Crippen LogP contribution in [-0.4, -0.2) is 57.2 Å². The van der Waals surface area contributed by atoms with Crippen molar-refractivity contribution in [2.75, 3.05) is 51.3 Å². The number of piperazine rings is 1. The Morgan fingerprint density at radius 3 is 2.55 bits per heavy atom. The summed E-state index contributed by atoms with van der Waals surface area (Å²) in [4.78, 5) is 17.2. The first kappa shape index (κ1) is 19.3. The highest BCUT2D eigenvalue weighted by atomic mass is 16.5. The first-order chi connectivity index (χ1) is 14.2. The summed E-state index contributed by atoms with van der Waals surface area (Å²) in [5.41, 5.74) is 1.94. The van der Waals surface area contributed by atoms with Gasteiger partial charge in [0.25, 0.3) is 5.91 Å². The fraction of sp³-hybridized carbons (Fsp3) is 0.292. The van der Waals surface area contributed by atoms with Crippen LogP contribution in [0.1, 0.15) is 10.4 Å². The third-order valence-electron chi connectivity index (χ3n) is 5.53. The van der Waals surface area contributed by atoms with E-state index in [0.717, 1.165) is 32.7 Å². The predicted molar refractivity (Wildman–Crippen MR) is 118 cm³/mol. The Kier molecular flexibility index (Phi) is 5.96. The van der Waals surface area contributed by atoms with Gasteiger partial charge in [0.15, 0.2) is 0 Å². The van der Waals surface area contributed by atoms with Crippen LogP contribution in [-0.2, 0) is 0 Å². The zero-order valence-corrected chi connectivity index (χ0v) is 16.8. The summed E-state index contributed by atoms with van der Waals surface area (Å²) in [6, 6.07) is 22.3. The monoisotopic (exact) mass is 389 g/mol. The van der Waals surface area contributed by atoms with Crippen LogP contribution in [0.15, 0.2) is 66.7 Å². The maximum absolute atomic E-state index is 12.3. The topological polar surface area (TPSA) is 44.8 Å². The third kappa shape index (κ3) is 4.51. The number of nitrogens with one attached hydrogen (secondary N) is 1. The second-order valence-corrected chi connectivity index (χ2v) is 7.31. The number of fused-ring (bicyclic) bond motifs is 1. The Bertz CT molecular complexity index is 975. The number of carbonyl (C=O) groups excluding carboxylic acids is 1. The molecule has 0 unspecified atom stereocenters. The number of amides is 1. The second-order valence-electron chi connectivity index (χ2n) is 7.31. The van der Waals surface area contributed by atoms with Crippen molar-refractivity contribution in [1.29, 1.82) is 0 Å². The van der Waals surface area contributed by atoms with Crippen molar-refractivity contribution >= 4 is 22.4 Å². The van der Waals surface area contributed by atoms with Gasteiger partial charge in [-0.3, -0.25) is 9.69 Å². The lowest BCUT2D eigenvalue weighted by molar-refractivity contribution is 0.0947. The SMILES string of the molecule is COc1cccc(C(=O)NCCN2CCN(c3cccc4ccccc34)CC2)c1. The van der Waals surface area contributed by atoms with Gasteiger partial charge in [0.1, 0.15) is 5.75 Å². The van der Waals surface area contributed by atoms with E-state index in [0.29, 0.717) is 17.9 Å². The number of ether oxygens (including phenoxy) is 1. The number of nitrogens with zero attached hydrogens (tertiary/aromatic N) is 2. The maximum atomic E-state index is 12.3. The van der Waals surface area contributed by atoms with Gasteiger partial charge in [-0.25, -0.2) is 0 Å². The summed E-state index contributed by atoms with van der Waals surface area (Å²) in [6.45, 7) is 5.50. The summed E-state index contributed by atoms with van der Waals surface area (Å²) in [6.07, 6.45) is 0. The minimum absolute atomic E-state index is 0.0571. The molecule has 1 amide bonds. The van der Waals surface area contributed by atoms with Gasteiger partial charge in [0, 0.05) is 55.9 Å². The van der Waals surface area contributed by atoms with Crippen molar-refractivity contribution in [1.82, 2.24) is 10.2 Å². The third-order valence-corrected chi connectivity index (χ3v) is 5.53. The molecule has 5 nitrogen and oxygen atoms in total. The van der Waals surface area contributed by atoms with Crippen molar-refractivity contribution < 1.29 is 9.53 Å². The van der Waals surface area contributed by atoms with Gasteiger partial charge in [-0.15, -0.1) is 0 Å². The van der Waals surface area contributed by atoms with Crippen LogP contribution in [0.3, 0.4) is 0 Å². The molecule has 0 aliphatic carbocycles. The molecule has 0 saturated carbocycles. The molecule has 1 heterocycles. The Labute approximate surface area is 171 Å². The lowest BCUT2D eigenvalue weighted by atomic mass is 10.1. The van der Waals surface area contributed by atoms with E-state index in [2.05, 4.69) is 57.6 Å². The van der Waals surface area contributed by atoms with Gasteiger partial charge in [0.2, 0.25) is 0 Å². The Morgan fingerprint density at radius 2 is 1.72 bits per heavy atom. The Hall–Kier alpha value is -3.05. The van der Waals surface area contributed by atoms with Gasteiger partial charge >= 0.3 is 0 Å². The molecule has 1 fully saturated rings. The van der Waals surface area contributed by atoms with Gasteiger partial charge in [-0.1, -0.05) is 42.5 Å². The first-order valence-electron chi connectivity index (χ1n) is 10.1. The summed E-state index contributed by atoms with van der Waals surface area (Å²) in [5, 5.41) is 5.61. The van der Waals surface area contributed by atoms with Gasteiger partial charge in [0.05, 0.1) is 7.11 Å². The molecule has 5 heteroatoms. The van der Waals surface area contributed by atoms with Gasteiger partial charge < -0.3 is 15.0 Å². The summed E-state index contributed by atoms with van der Waals surface area (Å²) in [7, 11) is 1.61. The maximum Gasteiger partial charge on any atom is 0.251 e. The van der Waals surface area contributed by atoms with Crippen LogP contribution >= 0.6 is 0 Å². The molecule has 1 saturated heterocycles. The number of anilines is 1. The fourth-order valence-corrected chi connectivity index (χ4v) is 3.89. The minimum Gasteiger partial charge on any atom is -0.497 e. The molecule has 3 aromatic rings. The zero-order valence-electron chi connectivity index (χ0n) is 16.8. The summed E-state index contributed by atoms with van der Waals surface area (Å²) in [5.74, 6) is 0.639. The molecule has 150 valence electrons. The van der Waals surface area contributed by atoms with E-state index in [-0.39, 0.29) is 5.91 Å². The van der Waals surface area contributed by atoms with Gasteiger partial charge in [-0.05, 0) is 29.7 Å². The van der Waals surface area contributed by atoms with E-state index >= 15 is 0 Å². The summed E-state index contributed by atoms with van der Waals surface area (Å²) < 4.78 is 5.19. The van der Waals surface area contributed by atoms with E-state index in [4.69, 9.17) is 4.74 Å². The quantitative estimate of drug-likeness (QED) is 0.702. The van der Waals surface area contributed by atoms with E-state index < -0.39 is 0 Å². The zero-order chi connectivity index (χ0) is 20.1. The molecule has 0 bridgehead atoms. The van der Waals surface area contributed by atoms with Crippen LogP contribution in [0.2, 0.25) is 0 Å². The molecule has 1 aliphatic heterocycles. The van der Waals surface area contributed by atoms with Crippen molar-refractivity contribution in [3.8, 4) is 5.75 Å². The number of carbonyl (C=O) groups is 1. The van der Waals surface area contributed by atoms with Crippen molar-refractivity contribution in [2.45, 2.75) is 0 Å². The van der Waals surface area contributed by atoms with E-state index in [1.165, 1.54) is 16.5 Å². The number of hydrogen-bond acceptors (Lipinski definition) is 4. The van der Waals surface area contributed by atoms with Crippen LogP contribution in [0.5, 0.6) is 5.75 Å². The van der Waals surface area contributed by atoms with Crippen molar-refractivity contribution in [2.24, 2.45) is 0 Å². The van der Waals surface area contributed by atoms with E-state index in [1.807, 2.05) is 12.1 Å². The fourth-order valence-electron chi connectivity index (χ4n) is 3.89. The number of methoxy groups -OCH3 is 1. The number of rotatable bonds is 6. The first-order valence-corrected chi connectivity index (χ1v) is 10.1. The molecule has 0 radical (unpaired) electrons. The highest BCUT2D eigenvalue weighted by molar-refractivity contribution is 5.95. The van der Waals surface area contributed by atoms with Gasteiger partial charge in [-0.2, -0.15) is 0 Å². The van der Waals surface area contributed by atoms with Crippen LogP contribution in [0.4, 0.5) is 5.69 Å². The van der Waals surface area contributed by atoms with Crippen LogP contribution in [0, 0.1) is 0 Å². The van der Waals surface area contributed by atoms with E-state index in [1.54, 1.807) is 19.2 Å². The van der Waals surface area contributed by atoms with Crippen molar-refractivity contribution in [3.63, 3.8) is 0 Å². The highest BCUT2D eigenvalue weighted by Crippen LogP contribution is 2.27. The largest absolute Gasteiger partial charge is 0.497 e. The van der Waals surface area contributed by atoms with E-state index in [9.17, 15) is 4.79 Å². The molecular formula is C24H27N3O2. The molecule has 3 aromatic carbocycles. The molecule has 1 N–H and O–H groups in total. The minimum atomic E-state index is -0.0571. The average Bonchev–Trinajstić information content (AvgIpc) is 2.79. The van der Waals surface area contributed by atoms with Crippen molar-refractivity contribution in [3.05, 3.63) is 72.3 Å². The smallest absolute Gasteiger partial charge is 0.251 e. The summed E-state index contributed by atoms with van der Waals surface area (Å²) >= 11 is 0. The number of hydrogen-bond donors (Lipinski definition) is 1. The molecule has 1 aliphatic rings. The molecule has 0 aromatic heterocycles. The Morgan fingerprint density at radius 1 is 0.966 bits per heavy atom. The Balaban J connectivity index is 1.27. The standard InChI is InChI=1S/C24H27N3O2/c1-29-21-9-4-8-20(18-21)24(28)25-12-13-26-14-16-27(17-15-26)23-11-5-7-19-6-2-3-10-22(19)23/h2-11,18H,12-17H2,1H3,(H,25,28). The van der Waals surface area contributed by atoms with Crippen LogP contribution < -0.4 is 15.0 Å². The molecule has 29 heavy (non-hydrogen) atoms. The lowest BCUT2D eigenvalue weighted by Gasteiger charge is -2.36. The molecule has 4 rings (SSSR count). The lowest BCUT2D eigenvalue weighted by Crippen LogP contribution is -2.48. The second kappa shape index (κ2) is 8.97. The molecule has 0 atom stereocenters. The predicted octanol–water partition coefficient (Wildman–Crippen LogP) is 3.40. The molecule has 0 spiro atoms. The normalized spacial score (nSPS) is 14.7. The number of benzene rings is 3. The highest BCUT2D eigenvalue weighted by Gasteiger charge is 2.18. The average molecular weight is 389 g/mol.